The third-order valence-corrected chi connectivity index (χ3v) is 4.33. The topological polar surface area (TPSA) is 92.5 Å². The Labute approximate surface area is 127 Å². The van der Waals surface area contributed by atoms with Crippen LogP contribution in [0.15, 0.2) is 18.2 Å². The SMILES string of the molecule is O=C(NCC1(CO)CCCC1)c1ccc([N+](=O)[O-])c(Cl)c1. The number of amides is 1. The van der Waals surface area contributed by atoms with Gasteiger partial charge in [-0.15, -0.1) is 0 Å². The van der Waals surface area contributed by atoms with Gasteiger partial charge in [0.15, 0.2) is 0 Å². The quantitative estimate of drug-likeness (QED) is 0.645. The second-order valence-corrected chi connectivity index (χ2v) is 5.88. The van der Waals surface area contributed by atoms with Crippen LogP contribution in [0.1, 0.15) is 36.0 Å². The maximum Gasteiger partial charge on any atom is 0.287 e. The maximum absolute atomic E-state index is 12.1. The average molecular weight is 313 g/mol. The number of nitrogens with zero attached hydrogens (tertiary/aromatic N) is 1. The summed E-state index contributed by atoms with van der Waals surface area (Å²) in [5.41, 5.74) is -0.187. The Morgan fingerprint density at radius 2 is 2.10 bits per heavy atom. The van der Waals surface area contributed by atoms with Crippen LogP contribution < -0.4 is 5.32 Å². The van der Waals surface area contributed by atoms with Crippen molar-refractivity contribution >= 4 is 23.2 Å². The fraction of sp³-hybridized carbons (Fsp3) is 0.500. The summed E-state index contributed by atoms with van der Waals surface area (Å²) in [6, 6.07) is 3.88. The van der Waals surface area contributed by atoms with Gasteiger partial charge in [-0.1, -0.05) is 24.4 Å². The minimum Gasteiger partial charge on any atom is -0.396 e. The van der Waals surface area contributed by atoms with E-state index in [1.807, 2.05) is 0 Å². The van der Waals surface area contributed by atoms with Crippen molar-refractivity contribution in [2.75, 3.05) is 13.2 Å². The van der Waals surface area contributed by atoms with Crippen LogP contribution in [0.25, 0.3) is 0 Å². The molecule has 0 atom stereocenters. The largest absolute Gasteiger partial charge is 0.396 e. The zero-order chi connectivity index (χ0) is 15.5. The van der Waals surface area contributed by atoms with Gasteiger partial charge in [-0.3, -0.25) is 14.9 Å². The second-order valence-electron chi connectivity index (χ2n) is 5.47. The first-order valence-corrected chi connectivity index (χ1v) is 7.18. The van der Waals surface area contributed by atoms with Crippen LogP contribution in [0.2, 0.25) is 5.02 Å². The molecule has 1 aromatic rings. The normalized spacial score (nSPS) is 16.7. The molecule has 1 aromatic carbocycles. The van der Waals surface area contributed by atoms with Crippen LogP contribution in [0.5, 0.6) is 0 Å². The van der Waals surface area contributed by atoms with E-state index in [1.54, 1.807) is 0 Å². The summed E-state index contributed by atoms with van der Waals surface area (Å²) in [6.07, 6.45) is 3.90. The zero-order valence-electron chi connectivity index (χ0n) is 11.5. The molecule has 2 N–H and O–H groups in total. The Morgan fingerprint density at radius 1 is 1.43 bits per heavy atom. The molecule has 0 aliphatic heterocycles. The van der Waals surface area contributed by atoms with Crippen molar-refractivity contribution in [3.63, 3.8) is 0 Å². The fourth-order valence-electron chi connectivity index (χ4n) is 2.68. The molecule has 1 aliphatic carbocycles. The van der Waals surface area contributed by atoms with E-state index in [1.165, 1.54) is 18.2 Å². The maximum atomic E-state index is 12.1. The lowest BCUT2D eigenvalue weighted by Gasteiger charge is -2.26. The number of aliphatic hydroxyl groups is 1. The van der Waals surface area contributed by atoms with Crippen molar-refractivity contribution in [1.29, 1.82) is 0 Å². The summed E-state index contributed by atoms with van der Waals surface area (Å²) in [5.74, 6) is -0.341. The van der Waals surface area contributed by atoms with Gasteiger partial charge < -0.3 is 10.4 Å². The highest BCUT2D eigenvalue weighted by atomic mass is 35.5. The van der Waals surface area contributed by atoms with E-state index in [-0.39, 0.29) is 34.2 Å². The smallest absolute Gasteiger partial charge is 0.287 e. The molecule has 7 heteroatoms. The number of carbonyl (C=O) groups is 1. The Kier molecular flexibility index (Phi) is 4.80. The number of hydrogen-bond acceptors (Lipinski definition) is 4. The minimum atomic E-state index is -0.594. The van der Waals surface area contributed by atoms with Crippen molar-refractivity contribution in [2.45, 2.75) is 25.7 Å². The summed E-state index contributed by atoms with van der Waals surface area (Å²) in [5, 5.41) is 22.9. The molecule has 0 radical (unpaired) electrons. The average Bonchev–Trinajstić information content (AvgIpc) is 2.93. The fourth-order valence-corrected chi connectivity index (χ4v) is 2.93. The first-order valence-electron chi connectivity index (χ1n) is 6.80. The highest BCUT2D eigenvalue weighted by molar-refractivity contribution is 6.33. The zero-order valence-corrected chi connectivity index (χ0v) is 12.2. The first kappa shape index (κ1) is 15.7. The van der Waals surface area contributed by atoms with Crippen molar-refractivity contribution in [2.24, 2.45) is 5.41 Å². The molecule has 0 unspecified atom stereocenters. The van der Waals surface area contributed by atoms with Gasteiger partial charge >= 0.3 is 0 Å². The number of aliphatic hydroxyl groups excluding tert-OH is 1. The molecule has 1 aliphatic rings. The highest BCUT2D eigenvalue weighted by Gasteiger charge is 2.33. The molecular formula is C14H17ClN2O4. The van der Waals surface area contributed by atoms with Crippen LogP contribution in [-0.2, 0) is 0 Å². The van der Waals surface area contributed by atoms with E-state index in [0.717, 1.165) is 25.7 Å². The van der Waals surface area contributed by atoms with Crippen LogP contribution in [0.4, 0.5) is 5.69 Å². The monoisotopic (exact) mass is 312 g/mol. The standard InChI is InChI=1S/C14H17ClN2O4/c15-11-7-10(3-4-12(11)17(20)21)13(19)16-8-14(9-18)5-1-2-6-14/h3-4,7,18H,1-2,5-6,8-9H2,(H,16,19). The van der Waals surface area contributed by atoms with Gasteiger partial charge in [-0.05, 0) is 25.0 Å². The molecule has 0 saturated heterocycles. The van der Waals surface area contributed by atoms with Crippen molar-refractivity contribution in [3.05, 3.63) is 38.9 Å². The number of nitro benzene ring substituents is 1. The molecule has 0 bridgehead atoms. The number of benzene rings is 1. The summed E-state index contributed by atoms with van der Waals surface area (Å²) >= 11 is 5.79. The van der Waals surface area contributed by atoms with E-state index < -0.39 is 4.92 Å². The van der Waals surface area contributed by atoms with Gasteiger partial charge in [0.1, 0.15) is 5.02 Å². The summed E-state index contributed by atoms with van der Waals surface area (Å²) in [4.78, 5) is 22.2. The minimum absolute atomic E-state index is 0.0499. The summed E-state index contributed by atoms with van der Waals surface area (Å²) in [7, 11) is 0. The molecule has 1 fully saturated rings. The van der Waals surface area contributed by atoms with Gasteiger partial charge in [0.25, 0.3) is 11.6 Å². The molecule has 0 heterocycles. The number of hydrogen-bond donors (Lipinski definition) is 2. The molecule has 1 amide bonds. The van der Waals surface area contributed by atoms with Gasteiger partial charge in [-0.2, -0.15) is 0 Å². The Hall–Kier alpha value is -1.66. The van der Waals surface area contributed by atoms with Gasteiger partial charge in [0.2, 0.25) is 0 Å². The van der Waals surface area contributed by atoms with Crippen molar-refractivity contribution in [1.82, 2.24) is 5.32 Å². The lowest BCUT2D eigenvalue weighted by atomic mass is 9.87. The third kappa shape index (κ3) is 3.51. The van der Waals surface area contributed by atoms with Gasteiger partial charge in [0.05, 0.1) is 11.5 Å². The van der Waals surface area contributed by atoms with E-state index >= 15 is 0 Å². The number of nitrogens with one attached hydrogen (secondary N) is 1. The summed E-state index contributed by atoms with van der Waals surface area (Å²) in [6.45, 7) is 0.450. The molecule has 2 rings (SSSR count). The molecule has 0 aromatic heterocycles. The predicted molar refractivity (Wildman–Crippen MR) is 78.4 cm³/mol. The van der Waals surface area contributed by atoms with Gasteiger partial charge in [0, 0.05) is 23.6 Å². The highest BCUT2D eigenvalue weighted by Crippen LogP contribution is 2.37. The molecule has 114 valence electrons. The lowest BCUT2D eigenvalue weighted by Crippen LogP contribution is -2.38. The van der Waals surface area contributed by atoms with E-state index in [9.17, 15) is 20.0 Å². The molecule has 1 saturated carbocycles. The predicted octanol–water partition coefficient (Wildman–Crippen LogP) is 2.53. The molecular weight excluding hydrogens is 296 g/mol. The Bertz CT molecular complexity index is 556. The molecule has 0 spiro atoms. The van der Waals surface area contributed by atoms with E-state index in [2.05, 4.69) is 5.32 Å². The second kappa shape index (κ2) is 6.41. The molecule has 6 nitrogen and oxygen atoms in total. The van der Waals surface area contributed by atoms with Crippen molar-refractivity contribution < 1.29 is 14.8 Å². The van der Waals surface area contributed by atoms with Crippen molar-refractivity contribution in [3.8, 4) is 0 Å². The Balaban J connectivity index is 2.03. The first-order chi connectivity index (χ1) is 9.97. The number of halogens is 1. The van der Waals surface area contributed by atoms with E-state index in [0.29, 0.717) is 6.54 Å². The third-order valence-electron chi connectivity index (χ3n) is 4.03. The van der Waals surface area contributed by atoms with Crippen LogP contribution in [0, 0.1) is 15.5 Å². The number of rotatable bonds is 5. The van der Waals surface area contributed by atoms with Gasteiger partial charge in [-0.25, -0.2) is 0 Å². The van der Waals surface area contributed by atoms with Crippen LogP contribution in [-0.4, -0.2) is 29.1 Å². The summed E-state index contributed by atoms with van der Waals surface area (Å²) < 4.78 is 0. The lowest BCUT2D eigenvalue weighted by molar-refractivity contribution is -0.384. The van der Waals surface area contributed by atoms with Crippen LogP contribution >= 0.6 is 11.6 Å². The molecule has 21 heavy (non-hydrogen) atoms. The number of carbonyl (C=O) groups excluding carboxylic acids is 1. The van der Waals surface area contributed by atoms with Crippen LogP contribution in [0.3, 0.4) is 0 Å². The Morgan fingerprint density at radius 3 is 2.62 bits per heavy atom. The van der Waals surface area contributed by atoms with E-state index in [4.69, 9.17) is 11.6 Å². The number of nitro groups is 1.